The smallest absolute Gasteiger partial charge is 0.318 e. The molecular weight excluding hydrogens is 332 g/mol. The van der Waals surface area contributed by atoms with E-state index in [4.69, 9.17) is 0 Å². The minimum atomic E-state index is -0.178. The first kappa shape index (κ1) is 19.0. The van der Waals surface area contributed by atoms with E-state index in [9.17, 15) is 10.1 Å². The van der Waals surface area contributed by atoms with Crippen LogP contribution in [0.15, 0.2) is 41.8 Å². The lowest BCUT2D eigenvalue weighted by Crippen LogP contribution is -2.40. The molecule has 0 aliphatic heterocycles. The van der Waals surface area contributed by atoms with Crippen LogP contribution in [-0.2, 0) is 6.54 Å². The molecule has 2 aromatic rings. The lowest BCUT2D eigenvalue weighted by atomic mass is 10.2. The first-order valence-electron chi connectivity index (χ1n) is 8.47. The highest BCUT2D eigenvalue weighted by Gasteiger charge is 2.17. The van der Waals surface area contributed by atoms with E-state index in [1.165, 1.54) is 0 Å². The van der Waals surface area contributed by atoms with Crippen molar-refractivity contribution in [3.63, 3.8) is 0 Å². The average molecular weight is 356 g/mol. The second-order valence-corrected chi connectivity index (χ2v) is 6.65. The van der Waals surface area contributed by atoms with Crippen molar-refractivity contribution in [1.82, 2.24) is 9.80 Å². The van der Waals surface area contributed by atoms with Crippen LogP contribution in [0.4, 0.5) is 10.5 Å². The molecule has 2 amide bonds. The number of benzene rings is 1. The topological polar surface area (TPSA) is 59.4 Å². The van der Waals surface area contributed by atoms with E-state index in [2.05, 4.69) is 30.1 Å². The number of nitrogens with zero attached hydrogens (tertiary/aromatic N) is 3. The Morgan fingerprint density at radius 2 is 1.92 bits per heavy atom. The highest BCUT2D eigenvalue weighted by Crippen LogP contribution is 2.16. The summed E-state index contributed by atoms with van der Waals surface area (Å²) < 4.78 is 0. The van der Waals surface area contributed by atoms with Crippen LogP contribution in [0.3, 0.4) is 0 Å². The van der Waals surface area contributed by atoms with Crippen molar-refractivity contribution >= 4 is 23.1 Å². The predicted octanol–water partition coefficient (Wildman–Crippen LogP) is 4.00. The number of likely N-dealkylation sites (N-methyl/N-ethyl adjacent to an activating group) is 1. The quantitative estimate of drug-likeness (QED) is 0.778. The molecule has 2 rings (SSSR count). The van der Waals surface area contributed by atoms with E-state index in [1.54, 1.807) is 34.4 Å². The molecule has 1 N–H and O–H groups in total. The summed E-state index contributed by atoms with van der Waals surface area (Å²) in [4.78, 5) is 18.0. The van der Waals surface area contributed by atoms with E-state index in [0.717, 1.165) is 24.5 Å². The highest BCUT2D eigenvalue weighted by molar-refractivity contribution is 7.09. The number of para-hydroxylation sites is 1. The van der Waals surface area contributed by atoms with Gasteiger partial charge in [0, 0.05) is 18.0 Å². The molecule has 132 valence electrons. The third kappa shape index (κ3) is 5.59. The minimum Gasteiger partial charge on any atom is -0.318 e. The molecule has 0 atom stereocenters. The van der Waals surface area contributed by atoms with E-state index in [0.29, 0.717) is 24.3 Å². The van der Waals surface area contributed by atoms with Crippen LogP contribution >= 0.6 is 11.3 Å². The van der Waals surface area contributed by atoms with Crippen LogP contribution in [0, 0.1) is 11.3 Å². The Bertz CT molecular complexity index is 704. The molecule has 0 aliphatic rings. The fourth-order valence-electron chi connectivity index (χ4n) is 2.53. The van der Waals surface area contributed by atoms with Crippen molar-refractivity contribution in [2.45, 2.75) is 20.4 Å². The third-order valence-electron chi connectivity index (χ3n) is 4.08. The van der Waals surface area contributed by atoms with Crippen LogP contribution < -0.4 is 5.32 Å². The maximum Gasteiger partial charge on any atom is 0.322 e. The van der Waals surface area contributed by atoms with Crippen LogP contribution in [0.25, 0.3) is 0 Å². The Morgan fingerprint density at radius 1 is 1.16 bits per heavy atom. The second-order valence-electron chi connectivity index (χ2n) is 5.62. The van der Waals surface area contributed by atoms with Gasteiger partial charge >= 0.3 is 6.03 Å². The van der Waals surface area contributed by atoms with Gasteiger partial charge in [-0.25, -0.2) is 4.79 Å². The number of hydrogen-bond acceptors (Lipinski definition) is 4. The van der Waals surface area contributed by atoms with Gasteiger partial charge in [0.1, 0.15) is 6.07 Å². The third-order valence-corrected chi connectivity index (χ3v) is 4.94. The number of amides is 2. The van der Waals surface area contributed by atoms with Gasteiger partial charge < -0.3 is 15.1 Å². The van der Waals surface area contributed by atoms with Crippen molar-refractivity contribution < 1.29 is 4.79 Å². The van der Waals surface area contributed by atoms with E-state index >= 15 is 0 Å². The van der Waals surface area contributed by atoms with Crippen molar-refractivity contribution in [2.75, 3.05) is 31.5 Å². The summed E-state index contributed by atoms with van der Waals surface area (Å²) in [7, 11) is 0. The van der Waals surface area contributed by atoms with Crippen LogP contribution in [0.2, 0.25) is 0 Å². The Hall–Kier alpha value is -2.36. The van der Waals surface area contributed by atoms with Crippen molar-refractivity contribution in [1.29, 1.82) is 5.26 Å². The van der Waals surface area contributed by atoms with Gasteiger partial charge in [0.05, 0.1) is 17.8 Å². The SMILES string of the molecule is CCN(CC)CCN(Cc1cccs1)C(=O)Nc1ccccc1C#N. The summed E-state index contributed by atoms with van der Waals surface area (Å²) in [5, 5.41) is 14.1. The standard InChI is InChI=1S/C19H24N4OS/c1-3-22(4-2)11-12-23(15-17-9-7-13-25-17)19(24)21-18-10-6-5-8-16(18)14-20/h5-10,13H,3-4,11-12,15H2,1-2H3,(H,21,24). The summed E-state index contributed by atoms with van der Waals surface area (Å²) in [6.45, 7) is 8.20. The lowest BCUT2D eigenvalue weighted by Gasteiger charge is -2.26. The Labute approximate surface area is 153 Å². The molecule has 0 saturated carbocycles. The van der Waals surface area contributed by atoms with E-state index < -0.39 is 0 Å². The molecule has 0 saturated heterocycles. The number of nitrogens with one attached hydrogen (secondary N) is 1. The molecule has 5 nitrogen and oxygen atoms in total. The molecule has 25 heavy (non-hydrogen) atoms. The monoisotopic (exact) mass is 356 g/mol. The number of urea groups is 1. The molecule has 1 aromatic heterocycles. The van der Waals surface area contributed by atoms with Crippen molar-refractivity contribution in [3.8, 4) is 6.07 Å². The number of thiophene rings is 1. The Kier molecular flexibility index (Phi) is 7.45. The summed E-state index contributed by atoms with van der Waals surface area (Å²) in [5.74, 6) is 0. The number of carbonyl (C=O) groups excluding carboxylic acids is 1. The summed E-state index contributed by atoms with van der Waals surface area (Å²) in [6.07, 6.45) is 0. The number of nitriles is 1. The van der Waals surface area contributed by atoms with Gasteiger partial charge in [-0.2, -0.15) is 5.26 Å². The maximum atomic E-state index is 12.8. The normalized spacial score (nSPS) is 10.5. The zero-order valence-corrected chi connectivity index (χ0v) is 15.6. The zero-order chi connectivity index (χ0) is 18.1. The second kappa shape index (κ2) is 9.82. The Balaban J connectivity index is 2.09. The van der Waals surface area contributed by atoms with Gasteiger partial charge in [-0.3, -0.25) is 0 Å². The van der Waals surface area contributed by atoms with Crippen LogP contribution in [0.5, 0.6) is 0 Å². The molecule has 6 heteroatoms. The predicted molar refractivity (Wildman–Crippen MR) is 103 cm³/mol. The summed E-state index contributed by atoms with van der Waals surface area (Å²) in [6, 6.07) is 13.0. The first-order valence-corrected chi connectivity index (χ1v) is 9.35. The van der Waals surface area contributed by atoms with Crippen LogP contribution in [-0.4, -0.2) is 42.0 Å². The highest BCUT2D eigenvalue weighted by atomic mass is 32.1. The van der Waals surface area contributed by atoms with Gasteiger partial charge in [-0.15, -0.1) is 11.3 Å². The number of carbonyl (C=O) groups is 1. The maximum absolute atomic E-state index is 12.8. The molecule has 0 fully saturated rings. The first-order chi connectivity index (χ1) is 12.2. The largest absolute Gasteiger partial charge is 0.322 e. The number of anilines is 1. The van der Waals surface area contributed by atoms with E-state index in [1.807, 2.05) is 23.6 Å². The van der Waals surface area contributed by atoms with Gasteiger partial charge in [0.2, 0.25) is 0 Å². The fourth-order valence-corrected chi connectivity index (χ4v) is 3.25. The minimum absolute atomic E-state index is 0.178. The lowest BCUT2D eigenvalue weighted by molar-refractivity contribution is 0.195. The van der Waals surface area contributed by atoms with Crippen LogP contribution in [0.1, 0.15) is 24.3 Å². The van der Waals surface area contributed by atoms with Gasteiger partial charge in [-0.1, -0.05) is 32.0 Å². The fraction of sp³-hybridized carbons (Fsp3) is 0.368. The molecule has 0 aliphatic carbocycles. The molecule has 0 spiro atoms. The van der Waals surface area contributed by atoms with E-state index in [-0.39, 0.29) is 6.03 Å². The van der Waals surface area contributed by atoms with Gasteiger partial charge in [0.15, 0.2) is 0 Å². The number of rotatable bonds is 8. The van der Waals surface area contributed by atoms with Crippen molar-refractivity contribution in [2.24, 2.45) is 0 Å². The number of hydrogen-bond donors (Lipinski definition) is 1. The molecular formula is C19H24N4OS. The molecule has 0 unspecified atom stereocenters. The summed E-state index contributed by atoms with van der Waals surface area (Å²) in [5.41, 5.74) is 1.02. The zero-order valence-electron chi connectivity index (χ0n) is 14.7. The molecule has 1 heterocycles. The molecule has 0 radical (unpaired) electrons. The summed E-state index contributed by atoms with van der Waals surface area (Å²) >= 11 is 1.64. The molecule has 1 aromatic carbocycles. The van der Waals surface area contributed by atoms with Gasteiger partial charge in [-0.05, 0) is 36.7 Å². The van der Waals surface area contributed by atoms with Crippen molar-refractivity contribution in [3.05, 3.63) is 52.2 Å². The molecule has 0 bridgehead atoms. The average Bonchev–Trinajstić information content (AvgIpc) is 3.15. The Morgan fingerprint density at radius 3 is 2.56 bits per heavy atom. The van der Waals surface area contributed by atoms with Gasteiger partial charge in [0.25, 0.3) is 0 Å².